The number of aryl methyl sites for hydroxylation is 1. The number of carbonyl (C=O) groups excluding carboxylic acids is 2. The molecule has 3 rings (SSSR count). The van der Waals surface area contributed by atoms with Crippen LogP contribution in [0.25, 0.3) is 0 Å². The van der Waals surface area contributed by atoms with E-state index in [1.807, 2.05) is 6.07 Å². The van der Waals surface area contributed by atoms with Crippen molar-refractivity contribution >= 4 is 27.6 Å². The number of phenols is 1. The van der Waals surface area contributed by atoms with E-state index in [4.69, 9.17) is 4.74 Å². The van der Waals surface area contributed by atoms with Crippen molar-refractivity contribution in [3.05, 3.63) is 59.2 Å². The lowest BCUT2D eigenvalue weighted by Gasteiger charge is -2.16. The van der Waals surface area contributed by atoms with Gasteiger partial charge >= 0.3 is 6.03 Å². The molecule has 11 nitrogen and oxygen atoms in total. The second kappa shape index (κ2) is 15.8. The average molecular weight is 592 g/mol. The van der Waals surface area contributed by atoms with Crippen molar-refractivity contribution < 1.29 is 38.1 Å². The van der Waals surface area contributed by atoms with Gasteiger partial charge in [0.2, 0.25) is 10.0 Å². The summed E-state index contributed by atoms with van der Waals surface area (Å²) in [5.41, 5.74) is 2.39. The summed E-state index contributed by atoms with van der Waals surface area (Å²) in [5.74, 6) is -0.546. The average Bonchev–Trinajstić information content (AvgIpc) is 3.25. The monoisotopic (exact) mass is 591 g/mol. The van der Waals surface area contributed by atoms with Crippen LogP contribution >= 0.6 is 0 Å². The largest absolute Gasteiger partial charge is 0.508 e. The fraction of sp³-hybridized carbons (Fsp3) is 0.517. The molecular weight excluding hydrogens is 550 g/mol. The van der Waals surface area contributed by atoms with Crippen molar-refractivity contribution in [3.8, 4) is 5.75 Å². The standard InChI is InChI=1S/C29H41N3O8S/c1-41(38,39)31-20-28(36)32(29(31)37)25-11-8-10-22(17-25)9-4-7-16-40-15-6-3-2-5-14-30-19-27(35)23-12-13-26(34)24(18-23)21-33/h8,10-13,17-18,27,30,33-35H,2-7,9,14-16,19-21H2,1H3/t27-/m1/s1. The number of carbonyl (C=O) groups is 2. The molecule has 1 atom stereocenters. The minimum Gasteiger partial charge on any atom is -0.508 e. The summed E-state index contributed by atoms with van der Waals surface area (Å²) in [6.07, 6.45) is 6.79. The molecule has 1 fully saturated rings. The molecule has 4 N–H and O–H groups in total. The summed E-state index contributed by atoms with van der Waals surface area (Å²) in [6.45, 7) is 1.80. The van der Waals surface area contributed by atoms with Crippen LogP contribution in [0.2, 0.25) is 0 Å². The third-order valence-corrected chi connectivity index (χ3v) is 7.98. The van der Waals surface area contributed by atoms with Gasteiger partial charge in [0, 0.05) is 25.3 Å². The van der Waals surface area contributed by atoms with E-state index in [1.54, 1.807) is 30.3 Å². The Morgan fingerprint density at radius 3 is 2.44 bits per heavy atom. The number of hydrogen-bond acceptors (Lipinski definition) is 9. The van der Waals surface area contributed by atoms with Crippen molar-refractivity contribution in [3.63, 3.8) is 0 Å². The molecule has 41 heavy (non-hydrogen) atoms. The van der Waals surface area contributed by atoms with Crippen LogP contribution in [0.4, 0.5) is 10.5 Å². The molecule has 12 heteroatoms. The van der Waals surface area contributed by atoms with Gasteiger partial charge in [0.05, 0.1) is 24.7 Å². The fourth-order valence-electron chi connectivity index (χ4n) is 4.58. The number of unbranched alkanes of at least 4 members (excludes halogenated alkanes) is 4. The van der Waals surface area contributed by atoms with Crippen LogP contribution in [0.15, 0.2) is 42.5 Å². The van der Waals surface area contributed by atoms with Gasteiger partial charge in [-0.2, -0.15) is 0 Å². The van der Waals surface area contributed by atoms with Crippen molar-refractivity contribution in [1.82, 2.24) is 9.62 Å². The van der Waals surface area contributed by atoms with Crippen LogP contribution in [0.1, 0.15) is 61.3 Å². The molecule has 2 aromatic carbocycles. The predicted molar refractivity (Wildman–Crippen MR) is 155 cm³/mol. The lowest BCUT2D eigenvalue weighted by molar-refractivity contribution is -0.116. The van der Waals surface area contributed by atoms with Crippen LogP contribution in [-0.4, -0.2) is 79.1 Å². The van der Waals surface area contributed by atoms with E-state index in [1.165, 1.54) is 6.07 Å². The second-order valence-corrected chi connectivity index (χ2v) is 12.1. The van der Waals surface area contributed by atoms with E-state index in [-0.39, 0.29) is 12.4 Å². The lowest BCUT2D eigenvalue weighted by Crippen LogP contribution is -2.36. The van der Waals surface area contributed by atoms with Crippen LogP contribution in [0.3, 0.4) is 0 Å². The number of hydrogen-bond donors (Lipinski definition) is 4. The van der Waals surface area contributed by atoms with Gasteiger partial charge in [0.1, 0.15) is 12.3 Å². The van der Waals surface area contributed by atoms with Crippen LogP contribution < -0.4 is 10.2 Å². The van der Waals surface area contributed by atoms with Gasteiger partial charge in [-0.15, -0.1) is 0 Å². The summed E-state index contributed by atoms with van der Waals surface area (Å²) in [6, 6.07) is 10.9. The van der Waals surface area contributed by atoms with E-state index >= 15 is 0 Å². The number of nitrogens with zero attached hydrogens (tertiary/aromatic N) is 2. The number of rotatable bonds is 18. The van der Waals surface area contributed by atoms with Gasteiger partial charge in [-0.3, -0.25) is 4.79 Å². The molecule has 0 radical (unpaired) electrons. The smallest absolute Gasteiger partial charge is 0.345 e. The van der Waals surface area contributed by atoms with Crippen molar-refractivity contribution in [2.24, 2.45) is 0 Å². The predicted octanol–water partition coefficient (Wildman–Crippen LogP) is 2.84. The molecule has 1 aliphatic rings. The SMILES string of the molecule is CS(=O)(=O)N1CC(=O)N(c2cccc(CCCCOCCCCCCNC[C@@H](O)c3ccc(O)c(CO)c3)c2)C1=O. The highest BCUT2D eigenvalue weighted by atomic mass is 32.2. The molecule has 0 aliphatic carbocycles. The van der Waals surface area contributed by atoms with Crippen molar-refractivity contribution in [2.75, 3.05) is 44.0 Å². The zero-order valence-corrected chi connectivity index (χ0v) is 24.3. The van der Waals surface area contributed by atoms with Crippen LogP contribution in [0.5, 0.6) is 5.75 Å². The maximum Gasteiger partial charge on any atom is 0.345 e. The number of aliphatic hydroxyl groups excluding tert-OH is 2. The normalized spacial score (nSPS) is 14.7. The Balaban J connectivity index is 1.21. The maximum atomic E-state index is 12.5. The highest BCUT2D eigenvalue weighted by Gasteiger charge is 2.41. The Hall–Kier alpha value is -3.03. The van der Waals surface area contributed by atoms with E-state index in [0.29, 0.717) is 40.9 Å². The van der Waals surface area contributed by atoms with E-state index < -0.39 is 34.6 Å². The summed E-state index contributed by atoms with van der Waals surface area (Å²) in [4.78, 5) is 25.7. The first-order chi connectivity index (χ1) is 19.6. The number of sulfonamides is 1. The number of amides is 3. The summed E-state index contributed by atoms with van der Waals surface area (Å²) in [5, 5.41) is 32.4. The number of nitrogens with one attached hydrogen (secondary N) is 1. The Bertz CT molecular complexity index is 1270. The molecule has 3 amide bonds. The summed E-state index contributed by atoms with van der Waals surface area (Å²) in [7, 11) is -3.80. The first-order valence-corrected chi connectivity index (χ1v) is 15.8. The van der Waals surface area contributed by atoms with Gasteiger partial charge in [-0.1, -0.05) is 31.0 Å². The fourth-order valence-corrected chi connectivity index (χ4v) is 5.29. The molecule has 0 unspecified atom stereocenters. The molecule has 0 aromatic heterocycles. The Labute approximate surface area is 241 Å². The minimum atomic E-state index is -3.80. The number of imide groups is 1. The first-order valence-electron chi connectivity index (χ1n) is 13.9. The number of ether oxygens (including phenoxy) is 1. The first kappa shape index (κ1) is 32.5. The molecule has 1 aliphatic heterocycles. The van der Waals surface area contributed by atoms with Gasteiger partial charge < -0.3 is 25.4 Å². The minimum absolute atomic E-state index is 0.0195. The Morgan fingerprint density at radius 1 is 1.00 bits per heavy atom. The topological polar surface area (TPSA) is 157 Å². The summed E-state index contributed by atoms with van der Waals surface area (Å²) >= 11 is 0. The zero-order chi connectivity index (χ0) is 29.8. The molecule has 1 saturated heterocycles. The van der Waals surface area contributed by atoms with Gasteiger partial charge in [0.15, 0.2) is 0 Å². The highest BCUT2D eigenvalue weighted by Crippen LogP contribution is 2.25. The van der Waals surface area contributed by atoms with E-state index in [2.05, 4.69) is 5.32 Å². The molecule has 2 aromatic rings. The Morgan fingerprint density at radius 2 is 1.73 bits per heavy atom. The van der Waals surface area contributed by atoms with Gasteiger partial charge in [0.25, 0.3) is 5.91 Å². The molecule has 0 bridgehead atoms. The van der Waals surface area contributed by atoms with E-state index in [0.717, 1.165) is 68.2 Å². The number of aliphatic hydroxyl groups is 2. The van der Waals surface area contributed by atoms with Gasteiger partial charge in [-0.05, 0) is 74.0 Å². The Kier molecular flexibility index (Phi) is 12.5. The number of aromatic hydroxyl groups is 1. The highest BCUT2D eigenvalue weighted by molar-refractivity contribution is 7.89. The molecule has 0 spiro atoms. The molecule has 1 heterocycles. The van der Waals surface area contributed by atoms with Crippen molar-refractivity contribution in [1.29, 1.82) is 0 Å². The number of benzene rings is 2. The third kappa shape index (κ3) is 9.79. The second-order valence-electron chi connectivity index (χ2n) is 10.2. The molecular formula is C29H41N3O8S. The quantitative estimate of drug-likeness (QED) is 0.151. The third-order valence-electron chi connectivity index (χ3n) is 6.89. The van der Waals surface area contributed by atoms with Crippen molar-refractivity contribution in [2.45, 2.75) is 57.7 Å². The molecule has 226 valence electrons. The van der Waals surface area contributed by atoms with E-state index in [9.17, 15) is 33.3 Å². The van der Waals surface area contributed by atoms with Crippen LogP contribution in [-0.2, 0) is 32.6 Å². The number of urea groups is 1. The summed E-state index contributed by atoms with van der Waals surface area (Å²) < 4.78 is 29.8. The molecule has 0 saturated carbocycles. The van der Waals surface area contributed by atoms with Crippen LogP contribution in [0, 0.1) is 0 Å². The van der Waals surface area contributed by atoms with Gasteiger partial charge in [-0.25, -0.2) is 22.4 Å². The zero-order valence-electron chi connectivity index (χ0n) is 23.5. The number of anilines is 1. The maximum absolute atomic E-state index is 12.5. The lowest BCUT2D eigenvalue weighted by atomic mass is 10.1.